The molecule has 1 saturated heterocycles. The minimum Gasteiger partial charge on any atom is -0.444 e. The van der Waals surface area contributed by atoms with Gasteiger partial charge >= 0.3 is 6.09 Å². The molecule has 2 unspecified atom stereocenters. The zero-order valence-electron chi connectivity index (χ0n) is 14.5. The SMILES string of the molecule is CC(C)(C)OC(=O)N1C2C=C(c3ncccc3C#N)CC1CCC2. The van der Waals surface area contributed by atoms with Crippen LogP contribution in [0, 0.1) is 11.3 Å². The number of nitriles is 1. The monoisotopic (exact) mass is 325 g/mol. The van der Waals surface area contributed by atoms with Crippen LogP contribution >= 0.6 is 0 Å². The summed E-state index contributed by atoms with van der Waals surface area (Å²) in [7, 11) is 0. The van der Waals surface area contributed by atoms with Crippen LogP contribution in [0.5, 0.6) is 0 Å². The van der Waals surface area contributed by atoms with Crippen molar-refractivity contribution in [2.75, 3.05) is 0 Å². The molecule has 2 aliphatic rings. The fourth-order valence-electron chi connectivity index (χ4n) is 3.56. The normalized spacial score (nSPS) is 23.2. The van der Waals surface area contributed by atoms with E-state index in [4.69, 9.17) is 4.74 Å². The Hall–Kier alpha value is -2.35. The van der Waals surface area contributed by atoms with Crippen LogP contribution in [0.2, 0.25) is 0 Å². The third-order valence-electron chi connectivity index (χ3n) is 4.47. The highest BCUT2D eigenvalue weighted by Crippen LogP contribution is 2.38. The average molecular weight is 325 g/mol. The summed E-state index contributed by atoms with van der Waals surface area (Å²) in [6.07, 6.45) is 7.28. The number of hydrogen-bond donors (Lipinski definition) is 0. The zero-order chi connectivity index (χ0) is 17.3. The number of ether oxygens (including phenoxy) is 1. The molecule has 126 valence electrons. The van der Waals surface area contributed by atoms with Crippen LogP contribution in [-0.2, 0) is 4.74 Å². The molecule has 5 heteroatoms. The van der Waals surface area contributed by atoms with E-state index >= 15 is 0 Å². The molecule has 1 fully saturated rings. The van der Waals surface area contributed by atoms with Gasteiger partial charge in [0.1, 0.15) is 11.7 Å². The number of rotatable bonds is 1. The van der Waals surface area contributed by atoms with Crippen molar-refractivity contribution >= 4 is 11.7 Å². The molecule has 2 bridgehead atoms. The van der Waals surface area contributed by atoms with Crippen LogP contribution < -0.4 is 0 Å². The molecule has 0 N–H and O–H groups in total. The Morgan fingerprint density at radius 1 is 1.42 bits per heavy atom. The van der Waals surface area contributed by atoms with Crippen molar-refractivity contribution in [1.82, 2.24) is 9.88 Å². The van der Waals surface area contributed by atoms with Crippen molar-refractivity contribution in [2.24, 2.45) is 0 Å². The molecule has 0 radical (unpaired) electrons. The van der Waals surface area contributed by atoms with Crippen molar-refractivity contribution in [3.63, 3.8) is 0 Å². The van der Waals surface area contributed by atoms with E-state index in [-0.39, 0.29) is 18.2 Å². The lowest BCUT2D eigenvalue weighted by molar-refractivity contribution is 0.0000667. The molecule has 24 heavy (non-hydrogen) atoms. The molecule has 1 aromatic rings. The van der Waals surface area contributed by atoms with Gasteiger partial charge in [-0.05, 0) is 64.2 Å². The van der Waals surface area contributed by atoms with Crippen LogP contribution in [0.25, 0.3) is 5.57 Å². The van der Waals surface area contributed by atoms with E-state index in [1.54, 1.807) is 18.3 Å². The van der Waals surface area contributed by atoms with Gasteiger partial charge in [-0.3, -0.25) is 9.88 Å². The van der Waals surface area contributed by atoms with Gasteiger partial charge in [0.2, 0.25) is 0 Å². The van der Waals surface area contributed by atoms with Crippen molar-refractivity contribution < 1.29 is 9.53 Å². The van der Waals surface area contributed by atoms with Crippen LogP contribution in [0.3, 0.4) is 0 Å². The van der Waals surface area contributed by atoms with E-state index in [1.165, 1.54) is 0 Å². The first-order valence-corrected chi connectivity index (χ1v) is 8.46. The number of fused-ring (bicyclic) bond motifs is 2. The summed E-state index contributed by atoms with van der Waals surface area (Å²) in [6, 6.07) is 5.92. The van der Waals surface area contributed by atoms with Crippen LogP contribution in [0.15, 0.2) is 24.4 Å². The summed E-state index contributed by atoms with van der Waals surface area (Å²) in [5.41, 5.74) is 1.92. The van der Waals surface area contributed by atoms with Gasteiger partial charge in [-0.1, -0.05) is 6.08 Å². The first-order valence-electron chi connectivity index (χ1n) is 8.46. The standard InChI is InChI=1S/C19H23N3O2/c1-19(2,3)24-18(23)22-15-7-4-8-16(22)11-14(10-15)17-13(12-20)6-5-9-21-17/h5-6,9-10,15-16H,4,7-8,11H2,1-3H3. The van der Waals surface area contributed by atoms with Crippen molar-refractivity contribution in [3.05, 3.63) is 35.7 Å². The van der Waals surface area contributed by atoms with E-state index in [2.05, 4.69) is 17.1 Å². The van der Waals surface area contributed by atoms with E-state index in [9.17, 15) is 10.1 Å². The molecule has 5 nitrogen and oxygen atoms in total. The first-order chi connectivity index (χ1) is 11.4. The first kappa shape index (κ1) is 16.5. The lowest BCUT2D eigenvalue weighted by Crippen LogP contribution is -2.53. The van der Waals surface area contributed by atoms with Gasteiger partial charge < -0.3 is 4.74 Å². The minimum atomic E-state index is -0.496. The van der Waals surface area contributed by atoms with E-state index in [0.29, 0.717) is 5.56 Å². The molecule has 0 aromatic carbocycles. The van der Waals surface area contributed by atoms with Gasteiger partial charge in [0, 0.05) is 12.2 Å². The van der Waals surface area contributed by atoms with Gasteiger partial charge in [-0.15, -0.1) is 0 Å². The predicted octanol–water partition coefficient (Wildman–Crippen LogP) is 3.90. The number of aromatic nitrogens is 1. The molecule has 2 aliphatic heterocycles. The lowest BCUT2D eigenvalue weighted by Gasteiger charge is -2.45. The van der Waals surface area contributed by atoms with Gasteiger partial charge in [-0.25, -0.2) is 4.79 Å². The number of amides is 1. The zero-order valence-corrected chi connectivity index (χ0v) is 14.5. The molecule has 3 rings (SSSR count). The van der Waals surface area contributed by atoms with Gasteiger partial charge in [0.15, 0.2) is 0 Å². The maximum absolute atomic E-state index is 12.6. The molecule has 0 spiro atoms. The highest BCUT2D eigenvalue weighted by atomic mass is 16.6. The third-order valence-corrected chi connectivity index (χ3v) is 4.47. The maximum Gasteiger partial charge on any atom is 0.411 e. The van der Waals surface area contributed by atoms with Gasteiger partial charge in [-0.2, -0.15) is 5.26 Å². The fourth-order valence-corrected chi connectivity index (χ4v) is 3.56. The number of pyridine rings is 1. The molecule has 0 saturated carbocycles. The summed E-state index contributed by atoms with van der Waals surface area (Å²) in [5, 5.41) is 9.32. The predicted molar refractivity (Wildman–Crippen MR) is 91.0 cm³/mol. The summed E-state index contributed by atoms with van der Waals surface area (Å²) >= 11 is 0. The number of hydrogen-bond acceptors (Lipinski definition) is 4. The molecule has 0 aliphatic carbocycles. The Kier molecular flexibility index (Phi) is 4.31. The Bertz CT molecular complexity index is 712. The lowest BCUT2D eigenvalue weighted by atomic mass is 9.83. The van der Waals surface area contributed by atoms with Crippen LogP contribution in [0.4, 0.5) is 4.79 Å². The number of piperidine rings is 1. The quantitative estimate of drug-likeness (QED) is 0.785. The largest absolute Gasteiger partial charge is 0.444 e. The second-order valence-electron chi connectivity index (χ2n) is 7.45. The van der Waals surface area contributed by atoms with Crippen molar-refractivity contribution in [2.45, 2.75) is 64.1 Å². The third kappa shape index (κ3) is 3.28. The Morgan fingerprint density at radius 2 is 2.21 bits per heavy atom. The van der Waals surface area contributed by atoms with Gasteiger partial charge in [0.05, 0.1) is 17.3 Å². The number of carbonyl (C=O) groups excluding carboxylic acids is 1. The number of carbonyl (C=O) groups is 1. The smallest absolute Gasteiger partial charge is 0.411 e. The second-order valence-corrected chi connectivity index (χ2v) is 7.45. The molecular formula is C19H23N3O2. The molecular weight excluding hydrogens is 302 g/mol. The summed E-state index contributed by atoms with van der Waals surface area (Å²) < 4.78 is 5.59. The van der Waals surface area contributed by atoms with Crippen molar-refractivity contribution in [3.8, 4) is 6.07 Å². The fraction of sp³-hybridized carbons (Fsp3) is 0.526. The molecule has 2 atom stereocenters. The van der Waals surface area contributed by atoms with Crippen LogP contribution in [-0.4, -0.2) is 33.7 Å². The summed E-state index contributed by atoms with van der Waals surface area (Å²) in [4.78, 5) is 18.9. The second kappa shape index (κ2) is 6.27. The minimum absolute atomic E-state index is 0.0240. The maximum atomic E-state index is 12.6. The highest BCUT2D eigenvalue weighted by Gasteiger charge is 2.39. The summed E-state index contributed by atoms with van der Waals surface area (Å²) in [5.74, 6) is 0. The Morgan fingerprint density at radius 3 is 2.88 bits per heavy atom. The van der Waals surface area contributed by atoms with E-state index in [1.807, 2.05) is 25.7 Å². The average Bonchev–Trinajstić information content (AvgIpc) is 2.52. The molecule has 1 aromatic heterocycles. The van der Waals surface area contributed by atoms with Crippen molar-refractivity contribution in [1.29, 1.82) is 5.26 Å². The van der Waals surface area contributed by atoms with E-state index in [0.717, 1.165) is 37.0 Å². The molecule has 1 amide bonds. The Balaban J connectivity index is 1.91. The number of nitrogens with zero attached hydrogens (tertiary/aromatic N) is 3. The highest BCUT2D eigenvalue weighted by molar-refractivity contribution is 5.75. The molecule has 3 heterocycles. The Labute approximate surface area is 142 Å². The summed E-state index contributed by atoms with van der Waals surface area (Å²) in [6.45, 7) is 5.66. The van der Waals surface area contributed by atoms with Crippen LogP contribution in [0.1, 0.15) is 57.7 Å². The van der Waals surface area contributed by atoms with E-state index < -0.39 is 5.60 Å². The van der Waals surface area contributed by atoms with Gasteiger partial charge in [0.25, 0.3) is 0 Å². The topological polar surface area (TPSA) is 66.2 Å².